The zero-order chi connectivity index (χ0) is 30.2. The highest BCUT2D eigenvalue weighted by Gasteiger charge is 2.36. The van der Waals surface area contributed by atoms with Crippen LogP contribution < -0.4 is 15.6 Å². The van der Waals surface area contributed by atoms with Gasteiger partial charge in [-0.1, -0.05) is 6.58 Å². The predicted molar refractivity (Wildman–Crippen MR) is 152 cm³/mol. The summed E-state index contributed by atoms with van der Waals surface area (Å²) in [6.45, 7) is 8.26. The summed E-state index contributed by atoms with van der Waals surface area (Å²) in [5.41, 5.74) is 5.33. The molecule has 10 nitrogen and oxygen atoms in total. The van der Waals surface area contributed by atoms with E-state index in [1.165, 1.54) is 12.0 Å². The van der Waals surface area contributed by atoms with Crippen molar-refractivity contribution in [2.75, 3.05) is 39.8 Å². The van der Waals surface area contributed by atoms with Crippen molar-refractivity contribution in [3.8, 4) is 17.0 Å². The standard InChI is InChI=1S/C29H34F3N7O3/c1-17-13-25(42-4)22(28(41)35-17)15-33-27(40)21-14-24-20(23-5-7-34-36-23)6-8-39(24)26(18(21)2)19(3)38-11-9-37(10-12-38)16-29(30,31)32/h5-8,13,21H,3,9-12,14-16H2,1-2,4H3,(H,33,40)(H,34,36)(H,35,41). The molecule has 0 aromatic carbocycles. The Kier molecular flexibility index (Phi) is 8.04. The molecule has 42 heavy (non-hydrogen) atoms. The third-order valence-corrected chi connectivity index (χ3v) is 7.95. The van der Waals surface area contributed by atoms with Crippen LogP contribution in [-0.4, -0.2) is 81.5 Å². The predicted octanol–water partition coefficient (Wildman–Crippen LogP) is 3.30. The Morgan fingerprint density at radius 2 is 1.95 bits per heavy atom. The number of ether oxygens (including phenoxy) is 1. The number of piperazine rings is 1. The van der Waals surface area contributed by atoms with E-state index in [0.717, 1.165) is 28.2 Å². The number of aromatic nitrogens is 4. The summed E-state index contributed by atoms with van der Waals surface area (Å²) in [7, 11) is 1.47. The molecular formula is C29H34F3N7O3. The summed E-state index contributed by atoms with van der Waals surface area (Å²) < 4.78 is 46.2. The molecule has 3 aromatic heterocycles. The molecule has 0 bridgehead atoms. The van der Waals surface area contributed by atoms with Gasteiger partial charge in [-0.15, -0.1) is 0 Å². The number of carbonyl (C=O) groups excluding carboxylic acids is 1. The van der Waals surface area contributed by atoms with Crippen LogP contribution in [0.5, 0.6) is 5.75 Å². The molecule has 0 radical (unpaired) electrons. The number of nitrogens with one attached hydrogen (secondary N) is 3. The molecule has 1 fully saturated rings. The van der Waals surface area contributed by atoms with Crippen LogP contribution in [0.4, 0.5) is 13.2 Å². The van der Waals surface area contributed by atoms with Crippen LogP contribution in [0.15, 0.2) is 53.2 Å². The number of halogens is 3. The van der Waals surface area contributed by atoms with Gasteiger partial charge in [0, 0.05) is 61.9 Å². The molecule has 5 rings (SSSR count). The Balaban J connectivity index is 1.44. The van der Waals surface area contributed by atoms with Crippen molar-refractivity contribution in [3.63, 3.8) is 0 Å². The van der Waals surface area contributed by atoms with Gasteiger partial charge in [0.15, 0.2) is 0 Å². The molecule has 1 saturated heterocycles. The van der Waals surface area contributed by atoms with Crippen LogP contribution in [0.2, 0.25) is 0 Å². The van der Waals surface area contributed by atoms with E-state index in [2.05, 4.69) is 27.1 Å². The number of carbonyl (C=O) groups is 1. The highest BCUT2D eigenvalue weighted by atomic mass is 19.4. The molecule has 0 spiro atoms. The minimum atomic E-state index is -4.25. The number of amides is 1. The highest BCUT2D eigenvalue weighted by Crippen LogP contribution is 2.39. The fraction of sp³-hybridized carbons (Fsp3) is 0.414. The van der Waals surface area contributed by atoms with Crippen LogP contribution >= 0.6 is 0 Å². The van der Waals surface area contributed by atoms with Gasteiger partial charge in [-0.2, -0.15) is 18.3 Å². The van der Waals surface area contributed by atoms with Crippen LogP contribution in [0, 0.1) is 12.8 Å². The number of aryl methyl sites for hydroxylation is 1. The molecule has 13 heteroatoms. The number of nitrogens with zero attached hydrogens (tertiary/aromatic N) is 4. The fourth-order valence-corrected chi connectivity index (χ4v) is 5.81. The number of alkyl halides is 3. The topological polar surface area (TPSA) is 111 Å². The first-order valence-corrected chi connectivity index (χ1v) is 13.7. The van der Waals surface area contributed by atoms with Gasteiger partial charge in [-0.25, -0.2) is 0 Å². The van der Waals surface area contributed by atoms with Crippen LogP contribution in [0.25, 0.3) is 17.0 Å². The van der Waals surface area contributed by atoms with Crippen molar-refractivity contribution in [3.05, 3.63) is 75.7 Å². The smallest absolute Gasteiger partial charge is 0.401 e. The SMILES string of the molecule is C=C(C1=C(C)C(C(=O)NCc2c(OC)cc(C)[nH]c2=O)Cc2c(-c3ccn[nH]3)ccn21)N1CCN(CC(F)(F)F)CC1. The van der Waals surface area contributed by atoms with E-state index in [1.54, 1.807) is 19.2 Å². The average molecular weight is 586 g/mol. The van der Waals surface area contributed by atoms with Crippen molar-refractivity contribution in [1.82, 2.24) is 34.9 Å². The molecule has 0 saturated carbocycles. The summed E-state index contributed by atoms with van der Waals surface area (Å²) in [5.74, 6) is -0.456. The van der Waals surface area contributed by atoms with Crippen molar-refractivity contribution in [1.29, 1.82) is 0 Å². The number of pyridine rings is 1. The van der Waals surface area contributed by atoms with Gasteiger partial charge in [-0.3, -0.25) is 19.6 Å². The Morgan fingerprint density at radius 1 is 1.21 bits per heavy atom. The zero-order valence-electron chi connectivity index (χ0n) is 23.8. The number of allylic oxidation sites excluding steroid dienone is 1. The molecule has 1 unspecified atom stereocenters. The maximum Gasteiger partial charge on any atom is 0.401 e. The maximum absolute atomic E-state index is 13.7. The molecule has 3 aromatic rings. The van der Waals surface area contributed by atoms with E-state index in [1.807, 2.05) is 34.7 Å². The van der Waals surface area contributed by atoms with Crippen LogP contribution in [0.1, 0.15) is 23.9 Å². The van der Waals surface area contributed by atoms with Gasteiger partial charge in [0.2, 0.25) is 5.91 Å². The van der Waals surface area contributed by atoms with Gasteiger partial charge < -0.3 is 24.5 Å². The molecule has 5 heterocycles. The first-order valence-electron chi connectivity index (χ1n) is 13.7. The molecule has 224 valence electrons. The van der Waals surface area contributed by atoms with E-state index < -0.39 is 18.6 Å². The third kappa shape index (κ3) is 5.87. The number of hydrogen-bond donors (Lipinski definition) is 3. The van der Waals surface area contributed by atoms with E-state index >= 15 is 0 Å². The summed E-state index contributed by atoms with van der Waals surface area (Å²) in [6.07, 6.45) is -0.296. The second-order valence-electron chi connectivity index (χ2n) is 10.7. The summed E-state index contributed by atoms with van der Waals surface area (Å²) >= 11 is 0. The minimum Gasteiger partial charge on any atom is -0.496 e. The number of fused-ring (bicyclic) bond motifs is 1. The normalized spacial score (nSPS) is 17.8. The van der Waals surface area contributed by atoms with Crippen molar-refractivity contribution in [2.24, 2.45) is 5.92 Å². The molecule has 1 amide bonds. The van der Waals surface area contributed by atoms with Crippen LogP contribution in [0.3, 0.4) is 0 Å². The van der Waals surface area contributed by atoms with E-state index in [4.69, 9.17) is 4.74 Å². The lowest BCUT2D eigenvalue weighted by Gasteiger charge is -2.39. The lowest BCUT2D eigenvalue weighted by molar-refractivity contribution is -0.148. The highest BCUT2D eigenvalue weighted by molar-refractivity contribution is 5.87. The average Bonchev–Trinajstić information content (AvgIpc) is 3.61. The van der Waals surface area contributed by atoms with Crippen molar-refractivity contribution < 1.29 is 22.7 Å². The number of aromatic amines is 2. The van der Waals surface area contributed by atoms with Crippen molar-refractivity contribution in [2.45, 2.75) is 33.0 Å². The Morgan fingerprint density at radius 3 is 2.60 bits per heavy atom. The lowest BCUT2D eigenvalue weighted by Crippen LogP contribution is -2.49. The van der Waals surface area contributed by atoms with Gasteiger partial charge in [0.05, 0.1) is 48.8 Å². The Labute approximate surface area is 240 Å². The summed E-state index contributed by atoms with van der Waals surface area (Å²) in [5, 5.41) is 9.97. The number of H-pyrrole nitrogens is 2. The Hall–Kier alpha value is -4.26. The zero-order valence-corrected chi connectivity index (χ0v) is 23.8. The molecule has 2 aliphatic heterocycles. The lowest BCUT2D eigenvalue weighted by atomic mass is 9.87. The summed E-state index contributed by atoms with van der Waals surface area (Å²) in [6, 6.07) is 5.50. The summed E-state index contributed by atoms with van der Waals surface area (Å²) in [4.78, 5) is 32.4. The third-order valence-electron chi connectivity index (χ3n) is 7.95. The first-order chi connectivity index (χ1) is 20.0. The molecular weight excluding hydrogens is 551 g/mol. The van der Waals surface area contributed by atoms with Crippen molar-refractivity contribution >= 4 is 11.6 Å². The van der Waals surface area contributed by atoms with Gasteiger partial charge in [0.1, 0.15) is 5.75 Å². The van der Waals surface area contributed by atoms with E-state index in [9.17, 15) is 22.8 Å². The van der Waals surface area contributed by atoms with Gasteiger partial charge in [-0.05, 0) is 37.6 Å². The molecule has 0 aliphatic carbocycles. The quantitative estimate of drug-likeness (QED) is 0.374. The molecule has 1 atom stereocenters. The monoisotopic (exact) mass is 585 g/mol. The fourth-order valence-electron chi connectivity index (χ4n) is 5.81. The number of rotatable bonds is 8. The van der Waals surface area contributed by atoms with Gasteiger partial charge >= 0.3 is 6.18 Å². The molecule has 2 aliphatic rings. The van der Waals surface area contributed by atoms with E-state index in [-0.39, 0.29) is 31.1 Å². The Bertz CT molecular complexity index is 1560. The largest absolute Gasteiger partial charge is 0.496 e. The molecule has 3 N–H and O–H groups in total. The maximum atomic E-state index is 13.7. The van der Waals surface area contributed by atoms with Gasteiger partial charge in [0.25, 0.3) is 5.56 Å². The second-order valence-corrected chi connectivity index (χ2v) is 10.7. The number of hydrogen-bond acceptors (Lipinski definition) is 6. The first kappa shape index (κ1) is 29.2. The number of methoxy groups -OCH3 is 1. The minimum absolute atomic E-state index is 0.0206. The second kappa shape index (κ2) is 11.6. The van der Waals surface area contributed by atoms with Crippen LogP contribution in [-0.2, 0) is 17.8 Å². The van der Waals surface area contributed by atoms with E-state index in [0.29, 0.717) is 42.2 Å².